The summed E-state index contributed by atoms with van der Waals surface area (Å²) in [6.07, 6.45) is 1.64. The van der Waals surface area contributed by atoms with E-state index >= 15 is 0 Å². The molecule has 4 aromatic rings. The van der Waals surface area contributed by atoms with Crippen LogP contribution in [0.3, 0.4) is 0 Å². The maximum atomic E-state index is 13.2. The first-order chi connectivity index (χ1) is 15.0. The predicted molar refractivity (Wildman–Crippen MR) is 123 cm³/mol. The highest BCUT2D eigenvalue weighted by molar-refractivity contribution is 7.99. The van der Waals surface area contributed by atoms with Crippen molar-refractivity contribution >= 4 is 57.6 Å². The number of anilines is 1. The molecule has 2 aromatic heterocycles. The lowest BCUT2D eigenvalue weighted by atomic mass is 10.2. The standard InChI is InChI=1S/C21H15Cl2N5O2S/c22-12-4-3-5-13(8-12)28-19-15(10-24-28)20(30)27-14(11-31-21(27)26-19)9-18(29)25-17-7-2-1-6-16(17)23/h1-8,10,14H,9,11H2,(H,25,29). The summed E-state index contributed by atoms with van der Waals surface area (Å²) in [4.78, 5) is 30.5. The largest absolute Gasteiger partial charge is 0.325 e. The van der Waals surface area contributed by atoms with Gasteiger partial charge in [0.2, 0.25) is 5.91 Å². The number of fused-ring (bicyclic) bond motifs is 2. The summed E-state index contributed by atoms with van der Waals surface area (Å²) in [6, 6.07) is 13.9. The molecule has 0 saturated heterocycles. The maximum absolute atomic E-state index is 13.2. The number of hydrogen-bond donors (Lipinski definition) is 1. The lowest BCUT2D eigenvalue weighted by molar-refractivity contribution is -0.116. The fourth-order valence-corrected chi connectivity index (χ4v) is 5.05. The molecule has 1 aliphatic rings. The minimum atomic E-state index is -0.304. The first kappa shape index (κ1) is 20.1. The van der Waals surface area contributed by atoms with Crippen molar-refractivity contribution in [2.24, 2.45) is 0 Å². The Morgan fingerprint density at radius 1 is 1.19 bits per heavy atom. The fourth-order valence-electron chi connectivity index (χ4n) is 3.56. The molecule has 1 amide bonds. The van der Waals surface area contributed by atoms with Crippen molar-refractivity contribution in [1.82, 2.24) is 19.3 Å². The van der Waals surface area contributed by atoms with Gasteiger partial charge >= 0.3 is 0 Å². The Balaban J connectivity index is 1.46. The number of thioether (sulfide) groups is 1. The summed E-state index contributed by atoms with van der Waals surface area (Å²) in [5.41, 5.74) is 1.52. The number of nitrogens with zero attached hydrogens (tertiary/aromatic N) is 4. The van der Waals surface area contributed by atoms with Crippen LogP contribution in [0, 0.1) is 0 Å². The average molecular weight is 472 g/mol. The van der Waals surface area contributed by atoms with Crippen molar-refractivity contribution in [2.45, 2.75) is 17.6 Å². The zero-order valence-corrected chi connectivity index (χ0v) is 18.3. The molecule has 0 saturated carbocycles. The van der Waals surface area contributed by atoms with E-state index in [0.29, 0.717) is 37.7 Å². The summed E-state index contributed by atoms with van der Waals surface area (Å²) in [5.74, 6) is 0.364. The van der Waals surface area contributed by atoms with Crippen molar-refractivity contribution in [3.05, 3.63) is 75.1 Å². The third kappa shape index (κ3) is 3.71. The first-order valence-electron chi connectivity index (χ1n) is 9.44. The predicted octanol–water partition coefficient (Wildman–Crippen LogP) is 4.56. The van der Waals surface area contributed by atoms with E-state index in [0.717, 1.165) is 5.69 Å². The molecule has 31 heavy (non-hydrogen) atoms. The molecule has 10 heteroatoms. The van der Waals surface area contributed by atoms with Crippen LogP contribution in [0.5, 0.6) is 0 Å². The highest BCUT2D eigenvalue weighted by atomic mass is 35.5. The number of halogens is 2. The van der Waals surface area contributed by atoms with Gasteiger partial charge in [0.15, 0.2) is 10.8 Å². The number of carbonyl (C=O) groups excluding carboxylic acids is 1. The fraction of sp³-hybridized carbons (Fsp3) is 0.143. The monoisotopic (exact) mass is 471 g/mol. The van der Waals surface area contributed by atoms with Crippen molar-refractivity contribution in [1.29, 1.82) is 0 Å². The van der Waals surface area contributed by atoms with Crippen LogP contribution in [0.2, 0.25) is 10.0 Å². The Labute approximate surface area is 191 Å². The van der Waals surface area contributed by atoms with E-state index in [1.165, 1.54) is 18.0 Å². The van der Waals surface area contributed by atoms with Crippen LogP contribution in [-0.4, -0.2) is 31.0 Å². The van der Waals surface area contributed by atoms with Crippen LogP contribution < -0.4 is 10.9 Å². The van der Waals surface area contributed by atoms with Gasteiger partial charge in [-0.15, -0.1) is 0 Å². The van der Waals surface area contributed by atoms with Crippen LogP contribution in [0.4, 0.5) is 5.69 Å². The SMILES string of the molecule is O=C(CC1CSc2nc3c(cnn3-c3cccc(Cl)c3)c(=O)n21)Nc1ccccc1Cl. The quantitative estimate of drug-likeness (QED) is 0.441. The summed E-state index contributed by atoms with van der Waals surface area (Å²) >= 11 is 13.7. The lowest BCUT2D eigenvalue weighted by Gasteiger charge is -2.14. The minimum Gasteiger partial charge on any atom is -0.325 e. The Hall–Kier alpha value is -2.81. The van der Waals surface area contributed by atoms with E-state index in [1.54, 1.807) is 45.6 Å². The molecule has 5 rings (SSSR count). The summed E-state index contributed by atoms with van der Waals surface area (Å²) < 4.78 is 3.19. The molecule has 2 aromatic carbocycles. The molecule has 3 heterocycles. The number of benzene rings is 2. The van der Waals surface area contributed by atoms with Gasteiger partial charge in [-0.3, -0.25) is 14.2 Å². The van der Waals surface area contributed by atoms with Gasteiger partial charge in [-0.1, -0.05) is 53.2 Å². The second-order valence-electron chi connectivity index (χ2n) is 7.04. The number of aromatic nitrogens is 4. The van der Waals surface area contributed by atoms with Gasteiger partial charge in [0.1, 0.15) is 5.39 Å². The van der Waals surface area contributed by atoms with Gasteiger partial charge in [0.25, 0.3) is 5.56 Å². The van der Waals surface area contributed by atoms with Crippen molar-refractivity contribution < 1.29 is 4.79 Å². The van der Waals surface area contributed by atoms with Crippen LogP contribution in [0.15, 0.2) is 64.7 Å². The topological polar surface area (TPSA) is 81.8 Å². The Bertz CT molecular complexity index is 1380. The molecule has 0 spiro atoms. The van der Waals surface area contributed by atoms with E-state index in [9.17, 15) is 9.59 Å². The molecule has 156 valence electrons. The Morgan fingerprint density at radius 3 is 2.84 bits per heavy atom. The molecule has 0 aliphatic carbocycles. The van der Waals surface area contributed by atoms with E-state index in [-0.39, 0.29) is 23.9 Å². The summed E-state index contributed by atoms with van der Waals surface area (Å²) in [5, 5.41) is 9.14. The zero-order valence-electron chi connectivity index (χ0n) is 16.0. The van der Waals surface area contributed by atoms with Crippen molar-refractivity contribution in [2.75, 3.05) is 11.1 Å². The van der Waals surface area contributed by atoms with Gasteiger partial charge in [0, 0.05) is 17.2 Å². The molecule has 0 fully saturated rings. The molecule has 1 atom stereocenters. The van der Waals surface area contributed by atoms with Crippen molar-refractivity contribution in [3.63, 3.8) is 0 Å². The normalized spacial score (nSPS) is 15.2. The smallest absolute Gasteiger partial charge is 0.265 e. The summed E-state index contributed by atoms with van der Waals surface area (Å²) in [7, 11) is 0. The highest BCUT2D eigenvalue weighted by Gasteiger charge is 2.29. The van der Waals surface area contributed by atoms with E-state index in [1.807, 2.05) is 12.1 Å². The number of para-hydroxylation sites is 1. The number of hydrogen-bond acceptors (Lipinski definition) is 5. The second kappa shape index (κ2) is 8.03. The number of amides is 1. The number of nitrogens with one attached hydrogen (secondary N) is 1. The molecule has 0 bridgehead atoms. The molecule has 7 nitrogen and oxygen atoms in total. The summed E-state index contributed by atoms with van der Waals surface area (Å²) in [6.45, 7) is 0. The third-order valence-electron chi connectivity index (χ3n) is 4.99. The van der Waals surface area contributed by atoms with Crippen LogP contribution in [-0.2, 0) is 4.79 Å². The lowest BCUT2D eigenvalue weighted by Crippen LogP contribution is -2.27. The molecule has 1 unspecified atom stereocenters. The second-order valence-corrected chi connectivity index (χ2v) is 8.87. The molecular formula is C21H15Cl2N5O2S. The van der Waals surface area contributed by atoms with Gasteiger partial charge in [-0.05, 0) is 30.3 Å². The van der Waals surface area contributed by atoms with E-state index in [2.05, 4.69) is 15.4 Å². The van der Waals surface area contributed by atoms with E-state index < -0.39 is 0 Å². The van der Waals surface area contributed by atoms with Crippen LogP contribution in [0.1, 0.15) is 12.5 Å². The van der Waals surface area contributed by atoms with Gasteiger partial charge in [0.05, 0.1) is 28.6 Å². The van der Waals surface area contributed by atoms with Crippen molar-refractivity contribution in [3.8, 4) is 5.69 Å². The maximum Gasteiger partial charge on any atom is 0.265 e. The molecule has 1 N–H and O–H groups in total. The van der Waals surface area contributed by atoms with E-state index in [4.69, 9.17) is 23.2 Å². The number of carbonyl (C=O) groups is 1. The first-order valence-corrected chi connectivity index (χ1v) is 11.2. The van der Waals surface area contributed by atoms with Gasteiger partial charge in [-0.25, -0.2) is 9.67 Å². The third-order valence-corrected chi connectivity index (χ3v) is 6.65. The number of rotatable bonds is 4. The van der Waals surface area contributed by atoms with Crippen LogP contribution >= 0.6 is 35.0 Å². The molecule has 0 radical (unpaired) electrons. The van der Waals surface area contributed by atoms with Gasteiger partial charge in [-0.2, -0.15) is 5.10 Å². The van der Waals surface area contributed by atoms with Crippen LogP contribution in [0.25, 0.3) is 16.7 Å². The minimum absolute atomic E-state index is 0.140. The molecule has 1 aliphatic heterocycles. The molecular weight excluding hydrogens is 457 g/mol. The van der Waals surface area contributed by atoms with Gasteiger partial charge < -0.3 is 5.32 Å². The highest BCUT2D eigenvalue weighted by Crippen LogP contribution is 2.34. The average Bonchev–Trinajstić information content (AvgIpc) is 3.35. The Kier molecular flexibility index (Phi) is 5.21. The Morgan fingerprint density at radius 2 is 2.03 bits per heavy atom. The zero-order chi connectivity index (χ0) is 21.5.